The molecule has 0 spiro atoms. The standard InChI is InChI=1S/C20H29N5O/c1-4-6-16-24-18-17-13(9-12(2)3)10-14(26-8-5-7-21)11-15(17)23-20(22)19(18)25-16/h10-12H,4-9,21H2,1-3H3,(H2,22,23)(H,24,25). The predicted octanol–water partition coefficient (Wildman–Crippen LogP) is 3.57. The van der Waals surface area contributed by atoms with Crippen LogP contribution >= 0.6 is 0 Å². The van der Waals surface area contributed by atoms with Crippen LogP contribution in [0.4, 0.5) is 5.82 Å². The molecule has 5 N–H and O–H groups in total. The number of nitrogens with zero attached hydrogens (tertiary/aromatic N) is 2. The molecule has 6 nitrogen and oxygen atoms in total. The quantitative estimate of drug-likeness (QED) is 0.536. The highest BCUT2D eigenvalue weighted by atomic mass is 16.5. The fourth-order valence-corrected chi connectivity index (χ4v) is 3.32. The van der Waals surface area contributed by atoms with E-state index in [0.29, 0.717) is 24.9 Å². The molecule has 1 aromatic carbocycles. The molecule has 2 heterocycles. The fraction of sp³-hybridized carbons (Fsp3) is 0.500. The lowest BCUT2D eigenvalue weighted by Gasteiger charge is -2.14. The number of aromatic nitrogens is 3. The van der Waals surface area contributed by atoms with Crippen molar-refractivity contribution in [2.75, 3.05) is 18.9 Å². The summed E-state index contributed by atoms with van der Waals surface area (Å²) in [6.45, 7) is 7.79. The molecule has 0 unspecified atom stereocenters. The number of ether oxygens (including phenoxy) is 1. The molecule has 3 aromatic rings. The van der Waals surface area contributed by atoms with Gasteiger partial charge in [0, 0.05) is 17.9 Å². The maximum Gasteiger partial charge on any atom is 0.152 e. The number of fused-ring (bicyclic) bond motifs is 3. The Hall–Kier alpha value is -2.34. The molecular weight excluding hydrogens is 326 g/mol. The summed E-state index contributed by atoms with van der Waals surface area (Å²) in [6, 6.07) is 4.09. The van der Waals surface area contributed by atoms with Gasteiger partial charge >= 0.3 is 0 Å². The first-order valence-corrected chi connectivity index (χ1v) is 9.47. The second-order valence-corrected chi connectivity index (χ2v) is 7.22. The van der Waals surface area contributed by atoms with E-state index in [1.807, 2.05) is 6.07 Å². The molecule has 140 valence electrons. The molecule has 0 amide bonds. The zero-order chi connectivity index (χ0) is 18.7. The summed E-state index contributed by atoms with van der Waals surface area (Å²) >= 11 is 0. The van der Waals surface area contributed by atoms with Crippen LogP contribution in [0.1, 0.15) is 45.0 Å². The lowest BCUT2D eigenvalue weighted by Crippen LogP contribution is -2.07. The number of rotatable bonds is 8. The van der Waals surface area contributed by atoms with Gasteiger partial charge in [0.1, 0.15) is 17.1 Å². The SMILES string of the molecule is CCCc1nc2c(N)nc3cc(OCCCN)cc(CC(C)C)c3c2[nH]1. The van der Waals surface area contributed by atoms with Crippen LogP contribution in [-0.4, -0.2) is 28.1 Å². The maximum atomic E-state index is 6.20. The van der Waals surface area contributed by atoms with Gasteiger partial charge in [-0.3, -0.25) is 0 Å². The lowest BCUT2D eigenvalue weighted by molar-refractivity contribution is 0.313. The second kappa shape index (κ2) is 7.91. The number of anilines is 1. The van der Waals surface area contributed by atoms with Gasteiger partial charge in [0.15, 0.2) is 5.82 Å². The van der Waals surface area contributed by atoms with E-state index in [1.54, 1.807) is 0 Å². The second-order valence-electron chi connectivity index (χ2n) is 7.22. The average molecular weight is 355 g/mol. The van der Waals surface area contributed by atoms with E-state index in [2.05, 4.69) is 41.8 Å². The molecule has 0 bridgehead atoms. The summed E-state index contributed by atoms with van der Waals surface area (Å²) in [5, 5.41) is 1.10. The van der Waals surface area contributed by atoms with Gasteiger partial charge in [-0.25, -0.2) is 9.97 Å². The molecule has 3 rings (SSSR count). The molecule has 0 fully saturated rings. The van der Waals surface area contributed by atoms with Crippen LogP contribution in [0.2, 0.25) is 0 Å². The van der Waals surface area contributed by atoms with Gasteiger partial charge in [0.05, 0.1) is 17.6 Å². The van der Waals surface area contributed by atoms with Crippen molar-refractivity contribution in [3.05, 3.63) is 23.5 Å². The number of aromatic amines is 1. The van der Waals surface area contributed by atoms with Crippen LogP contribution in [-0.2, 0) is 12.8 Å². The smallest absolute Gasteiger partial charge is 0.152 e. The monoisotopic (exact) mass is 355 g/mol. The van der Waals surface area contributed by atoms with Gasteiger partial charge in [-0.2, -0.15) is 0 Å². The van der Waals surface area contributed by atoms with Gasteiger partial charge in [-0.15, -0.1) is 0 Å². The van der Waals surface area contributed by atoms with Crippen molar-refractivity contribution in [1.29, 1.82) is 0 Å². The summed E-state index contributed by atoms with van der Waals surface area (Å²) in [5.74, 6) is 2.76. The van der Waals surface area contributed by atoms with Crippen LogP contribution in [0.3, 0.4) is 0 Å². The van der Waals surface area contributed by atoms with Gasteiger partial charge in [-0.05, 0) is 43.4 Å². The van der Waals surface area contributed by atoms with Crippen molar-refractivity contribution >= 4 is 27.8 Å². The first-order chi connectivity index (χ1) is 12.5. The minimum Gasteiger partial charge on any atom is -0.493 e. The predicted molar refractivity (Wildman–Crippen MR) is 108 cm³/mol. The largest absolute Gasteiger partial charge is 0.493 e. The Balaban J connectivity index is 2.19. The number of pyridine rings is 1. The van der Waals surface area contributed by atoms with E-state index < -0.39 is 0 Å². The number of H-pyrrole nitrogens is 1. The van der Waals surface area contributed by atoms with Crippen LogP contribution in [0, 0.1) is 5.92 Å². The third-order valence-electron chi connectivity index (χ3n) is 4.39. The summed E-state index contributed by atoms with van der Waals surface area (Å²) in [7, 11) is 0. The molecule has 0 atom stereocenters. The third-order valence-corrected chi connectivity index (χ3v) is 4.39. The Morgan fingerprint density at radius 3 is 2.73 bits per heavy atom. The number of imidazole rings is 1. The Morgan fingerprint density at radius 2 is 2.04 bits per heavy atom. The average Bonchev–Trinajstić information content (AvgIpc) is 2.99. The van der Waals surface area contributed by atoms with Gasteiger partial charge in [0.2, 0.25) is 0 Å². The molecule has 6 heteroatoms. The molecule has 26 heavy (non-hydrogen) atoms. The Labute approximate surface area is 154 Å². The summed E-state index contributed by atoms with van der Waals surface area (Å²) in [4.78, 5) is 12.8. The van der Waals surface area contributed by atoms with E-state index in [1.165, 1.54) is 5.56 Å². The molecule has 0 radical (unpaired) electrons. The minimum atomic E-state index is 0.459. The maximum absolute atomic E-state index is 6.20. The summed E-state index contributed by atoms with van der Waals surface area (Å²) < 4.78 is 5.89. The van der Waals surface area contributed by atoms with Gasteiger partial charge in [-0.1, -0.05) is 20.8 Å². The number of aryl methyl sites for hydroxylation is 1. The zero-order valence-corrected chi connectivity index (χ0v) is 15.9. The number of hydrogen-bond acceptors (Lipinski definition) is 5. The number of hydrogen-bond donors (Lipinski definition) is 3. The van der Waals surface area contributed by atoms with Crippen LogP contribution in [0.15, 0.2) is 12.1 Å². The number of benzene rings is 1. The van der Waals surface area contributed by atoms with Crippen molar-refractivity contribution in [2.45, 2.75) is 46.5 Å². The normalized spacial score (nSPS) is 11.7. The lowest BCUT2D eigenvalue weighted by atomic mass is 9.97. The molecule has 0 aliphatic heterocycles. The number of nitrogens with one attached hydrogen (secondary N) is 1. The van der Waals surface area contributed by atoms with Crippen molar-refractivity contribution < 1.29 is 4.74 Å². The Kier molecular flexibility index (Phi) is 5.61. The van der Waals surface area contributed by atoms with E-state index in [9.17, 15) is 0 Å². The molecular formula is C20H29N5O. The minimum absolute atomic E-state index is 0.459. The van der Waals surface area contributed by atoms with Crippen LogP contribution in [0.5, 0.6) is 5.75 Å². The van der Waals surface area contributed by atoms with Crippen molar-refractivity contribution in [3.63, 3.8) is 0 Å². The van der Waals surface area contributed by atoms with Crippen molar-refractivity contribution in [3.8, 4) is 5.75 Å². The Morgan fingerprint density at radius 1 is 1.23 bits per heavy atom. The topological polar surface area (TPSA) is 103 Å². The number of nitrogen functional groups attached to an aromatic ring is 1. The first kappa shape index (κ1) is 18.5. The van der Waals surface area contributed by atoms with E-state index in [0.717, 1.165) is 59.2 Å². The van der Waals surface area contributed by atoms with Crippen molar-refractivity contribution in [2.24, 2.45) is 11.7 Å². The molecule has 2 aromatic heterocycles. The van der Waals surface area contributed by atoms with Crippen LogP contribution in [0.25, 0.3) is 21.9 Å². The van der Waals surface area contributed by atoms with E-state index in [4.69, 9.17) is 16.2 Å². The van der Waals surface area contributed by atoms with Crippen LogP contribution < -0.4 is 16.2 Å². The number of nitrogens with two attached hydrogens (primary N) is 2. The van der Waals surface area contributed by atoms with E-state index in [-0.39, 0.29) is 0 Å². The third kappa shape index (κ3) is 3.75. The molecule has 0 aliphatic carbocycles. The van der Waals surface area contributed by atoms with Gasteiger partial charge in [0.25, 0.3) is 0 Å². The summed E-state index contributed by atoms with van der Waals surface area (Å²) in [5.41, 5.74) is 15.6. The Bertz CT molecular complexity index is 900. The van der Waals surface area contributed by atoms with E-state index >= 15 is 0 Å². The highest BCUT2D eigenvalue weighted by molar-refractivity contribution is 6.08. The molecule has 0 aliphatic rings. The van der Waals surface area contributed by atoms with Crippen molar-refractivity contribution in [1.82, 2.24) is 15.0 Å². The molecule has 0 saturated heterocycles. The zero-order valence-electron chi connectivity index (χ0n) is 15.9. The fourth-order valence-electron chi connectivity index (χ4n) is 3.32. The van der Waals surface area contributed by atoms with Gasteiger partial charge < -0.3 is 21.2 Å². The highest BCUT2D eigenvalue weighted by Gasteiger charge is 2.16. The first-order valence-electron chi connectivity index (χ1n) is 9.47. The molecule has 0 saturated carbocycles. The summed E-state index contributed by atoms with van der Waals surface area (Å²) in [6.07, 6.45) is 3.69. The highest BCUT2D eigenvalue weighted by Crippen LogP contribution is 2.33.